The Balaban J connectivity index is 2.09. The lowest BCUT2D eigenvalue weighted by molar-refractivity contribution is 0.239. The summed E-state index contributed by atoms with van der Waals surface area (Å²) in [5.41, 5.74) is 2.55. The zero-order valence-corrected chi connectivity index (χ0v) is 24.4. The van der Waals surface area contributed by atoms with Gasteiger partial charge < -0.3 is 8.85 Å². The van der Waals surface area contributed by atoms with Crippen LogP contribution in [0.2, 0.25) is 13.1 Å². The maximum atomic E-state index is 6.53. The second kappa shape index (κ2) is 16.8. The van der Waals surface area contributed by atoms with Crippen LogP contribution in [0.5, 0.6) is 5.75 Å². The van der Waals surface area contributed by atoms with Crippen LogP contribution in [0.4, 0.5) is 0 Å². The largest absolute Gasteiger partial charge is 0.520 e. The van der Waals surface area contributed by atoms with Crippen molar-refractivity contribution in [3.8, 4) is 5.75 Å². The minimum Gasteiger partial charge on any atom is -0.520 e. The van der Waals surface area contributed by atoms with Gasteiger partial charge in [-0.15, -0.1) is 0 Å². The number of hydrogen-bond acceptors (Lipinski definition) is 2. The van der Waals surface area contributed by atoms with Crippen LogP contribution in [0, 0.1) is 6.92 Å². The van der Waals surface area contributed by atoms with Crippen molar-refractivity contribution in [2.45, 2.75) is 149 Å². The summed E-state index contributed by atoms with van der Waals surface area (Å²) in [5, 5.41) is 0. The molecule has 0 bridgehead atoms. The van der Waals surface area contributed by atoms with Crippen molar-refractivity contribution in [3.05, 3.63) is 29.3 Å². The highest BCUT2D eigenvalue weighted by Gasteiger charge is 2.30. The molecule has 0 radical (unpaired) electrons. The lowest BCUT2D eigenvalue weighted by Gasteiger charge is -2.30. The van der Waals surface area contributed by atoms with Crippen LogP contribution in [0.15, 0.2) is 18.2 Å². The molecule has 0 unspecified atom stereocenters. The Morgan fingerprint density at radius 1 is 0.697 bits per heavy atom. The predicted octanol–water partition coefficient (Wildman–Crippen LogP) is 10.3. The van der Waals surface area contributed by atoms with Gasteiger partial charge in [-0.3, -0.25) is 0 Å². The monoisotopic (exact) mass is 476 g/mol. The summed E-state index contributed by atoms with van der Waals surface area (Å²) in [6.07, 6.45) is 20.9. The number of rotatable bonds is 19. The smallest absolute Gasteiger partial charge is 0.392 e. The minimum absolute atomic E-state index is 0.0695. The van der Waals surface area contributed by atoms with E-state index in [0.29, 0.717) is 0 Å². The molecule has 0 fully saturated rings. The lowest BCUT2D eigenvalue weighted by atomic mass is 9.85. The molecular weight excluding hydrogens is 420 g/mol. The van der Waals surface area contributed by atoms with E-state index in [0.717, 1.165) is 18.8 Å². The quantitative estimate of drug-likeness (QED) is 0.146. The van der Waals surface area contributed by atoms with Crippen molar-refractivity contribution >= 4 is 8.56 Å². The van der Waals surface area contributed by atoms with Crippen molar-refractivity contribution < 1.29 is 8.85 Å². The standard InChI is InChI=1S/C30H56O2Si/c1-8-9-10-11-12-13-14-15-16-17-18-19-20-21-22-26-31-33(6,7)32-29-27(2)24-23-25-28(29)30(3,4)5/h23-25H,8-22,26H2,1-7H3. The topological polar surface area (TPSA) is 18.5 Å². The molecule has 1 aromatic carbocycles. The van der Waals surface area contributed by atoms with Crippen LogP contribution < -0.4 is 4.43 Å². The van der Waals surface area contributed by atoms with Gasteiger partial charge in [0.15, 0.2) is 0 Å². The number of benzene rings is 1. The Labute approximate surface area is 208 Å². The maximum Gasteiger partial charge on any atom is 0.392 e. The van der Waals surface area contributed by atoms with Crippen LogP contribution in [-0.2, 0) is 9.84 Å². The first-order valence-corrected chi connectivity index (χ1v) is 16.9. The van der Waals surface area contributed by atoms with Crippen molar-refractivity contribution in [1.82, 2.24) is 0 Å². The van der Waals surface area contributed by atoms with Gasteiger partial charge in [-0.1, -0.05) is 136 Å². The van der Waals surface area contributed by atoms with E-state index in [2.05, 4.69) is 65.9 Å². The van der Waals surface area contributed by atoms with Gasteiger partial charge in [0.25, 0.3) is 0 Å². The fourth-order valence-electron chi connectivity index (χ4n) is 4.45. The van der Waals surface area contributed by atoms with Gasteiger partial charge in [0.1, 0.15) is 5.75 Å². The molecule has 33 heavy (non-hydrogen) atoms. The average molecular weight is 477 g/mol. The number of hydrogen-bond donors (Lipinski definition) is 0. The molecule has 0 aliphatic heterocycles. The second-order valence-electron chi connectivity index (χ2n) is 11.5. The molecule has 0 saturated heterocycles. The molecule has 0 aliphatic carbocycles. The summed E-state index contributed by atoms with van der Waals surface area (Å²) in [4.78, 5) is 0. The Morgan fingerprint density at radius 2 is 1.15 bits per heavy atom. The molecular formula is C30H56O2Si. The van der Waals surface area contributed by atoms with Crippen LogP contribution in [-0.4, -0.2) is 15.2 Å². The summed E-state index contributed by atoms with van der Waals surface area (Å²) in [5.74, 6) is 1.04. The third kappa shape index (κ3) is 14.3. The predicted molar refractivity (Wildman–Crippen MR) is 149 cm³/mol. The molecule has 0 heterocycles. The molecule has 0 saturated carbocycles. The van der Waals surface area contributed by atoms with Crippen LogP contribution in [0.25, 0.3) is 0 Å². The molecule has 2 nitrogen and oxygen atoms in total. The lowest BCUT2D eigenvalue weighted by Crippen LogP contribution is -2.39. The Bertz CT molecular complexity index is 618. The highest BCUT2D eigenvalue weighted by atomic mass is 28.4. The van der Waals surface area contributed by atoms with Gasteiger partial charge in [-0.25, -0.2) is 0 Å². The molecule has 0 amide bonds. The van der Waals surface area contributed by atoms with Crippen LogP contribution in [0.1, 0.15) is 135 Å². The maximum absolute atomic E-state index is 6.53. The van der Waals surface area contributed by atoms with Gasteiger partial charge >= 0.3 is 8.56 Å². The first-order valence-electron chi connectivity index (χ1n) is 14.1. The number of unbranched alkanes of at least 4 members (excludes halogenated alkanes) is 14. The molecule has 1 aromatic rings. The first kappa shape index (κ1) is 30.2. The highest BCUT2D eigenvalue weighted by molar-refractivity contribution is 6.65. The zero-order valence-electron chi connectivity index (χ0n) is 23.4. The van der Waals surface area contributed by atoms with Crippen molar-refractivity contribution in [2.24, 2.45) is 0 Å². The molecule has 0 aliphatic rings. The first-order chi connectivity index (χ1) is 15.7. The van der Waals surface area contributed by atoms with Gasteiger partial charge in [0.05, 0.1) is 0 Å². The SMILES string of the molecule is CCCCCCCCCCCCCCCCCO[Si](C)(C)Oc1c(C)cccc1C(C)(C)C. The van der Waals surface area contributed by atoms with E-state index in [-0.39, 0.29) is 5.41 Å². The van der Waals surface area contributed by atoms with Gasteiger partial charge in [-0.05, 0) is 43.0 Å². The minimum atomic E-state index is -2.19. The van der Waals surface area contributed by atoms with E-state index in [1.165, 1.54) is 101 Å². The van der Waals surface area contributed by atoms with Gasteiger partial charge in [-0.2, -0.15) is 0 Å². The van der Waals surface area contributed by atoms with E-state index in [1.807, 2.05) is 0 Å². The fraction of sp³-hybridized carbons (Fsp3) is 0.800. The van der Waals surface area contributed by atoms with Gasteiger partial charge in [0.2, 0.25) is 0 Å². The molecule has 0 spiro atoms. The average Bonchev–Trinajstić information content (AvgIpc) is 2.74. The van der Waals surface area contributed by atoms with Crippen LogP contribution >= 0.6 is 0 Å². The second-order valence-corrected chi connectivity index (χ2v) is 14.8. The zero-order chi connectivity index (χ0) is 24.6. The number of aryl methyl sites for hydroxylation is 1. The number of para-hydroxylation sites is 1. The normalized spacial score (nSPS) is 12.3. The Morgan fingerprint density at radius 3 is 1.61 bits per heavy atom. The fourth-order valence-corrected chi connectivity index (χ4v) is 5.90. The van der Waals surface area contributed by atoms with E-state index in [4.69, 9.17) is 8.85 Å². The third-order valence-electron chi connectivity index (χ3n) is 6.57. The Hall–Kier alpha value is -0.803. The van der Waals surface area contributed by atoms with E-state index in [9.17, 15) is 0 Å². The molecule has 3 heteroatoms. The van der Waals surface area contributed by atoms with Gasteiger partial charge in [0, 0.05) is 6.61 Å². The molecule has 0 aromatic heterocycles. The van der Waals surface area contributed by atoms with E-state index >= 15 is 0 Å². The molecule has 1 rings (SSSR count). The third-order valence-corrected chi connectivity index (χ3v) is 8.16. The summed E-state index contributed by atoms with van der Waals surface area (Å²) >= 11 is 0. The summed E-state index contributed by atoms with van der Waals surface area (Å²) in [7, 11) is -2.19. The van der Waals surface area contributed by atoms with Crippen LogP contribution in [0.3, 0.4) is 0 Å². The Kier molecular flexibility index (Phi) is 15.4. The molecule has 0 atom stereocenters. The van der Waals surface area contributed by atoms with E-state index in [1.54, 1.807) is 0 Å². The summed E-state index contributed by atoms with van der Waals surface area (Å²) in [6, 6.07) is 6.47. The van der Waals surface area contributed by atoms with Crippen molar-refractivity contribution in [3.63, 3.8) is 0 Å². The van der Waals surface area contributed by atoms with Crippen molar-refractivity contribution in [1.29, 1.82) is 0 Å². The van der Waals surface area contributed by atoms with Crippen molar-refractivity contribution in [2.75, 3.05) is 6.61 Å². The van der Waals surface area contributed by atoms with E-state index < -0.39 is 8.56 Å². The highest BCUT2D eigenvalue weighted by Crippen LogP contribution is 2.35. The summed E-state index contributed by atoms with van der Waals surface area (Å²) < 4.78 is 12.8. The molecule has 0 N–H and O–H groups in total. The molecule has 192 valence electrons. The summed E-state index contributed by atoms with van der Waals surface area (Å²) in [6.45, 7) is 16.4.